The number of likely N-dealkylation sites (N-methyl/N-ethyl adjacent to an activating group) is 1. The Balaban J connectivity index is 1.94. The first-order valence-corrected chi connectivity index (χ1v) is 9.26. The molecular formula is C20H27N5O4. The van der Waals surface area contributed by atoms with E-state index in [-0.39, 0.29) is 42.9 Å². The number of amides is 2. The molecule has 0 spiro atoms. The van der Waals surface area contributed by atoms with E-state index in [9.17, 15) is 14.4 Å². The van der Waals surface area contributed by atoms with E-state index < -0.39 is 5.97 Å². The lowest BCUT2D eigenvalue weighted by Gasteiger charge is -2.17. The highest BCUT2D eigenvalue weighted by molar-refractivity contribution is 6.01. The number of hydrogen-bond acceptors (Lipinski definition) is 6. The molecule has 0 radical (unpaired) electrons. The highest BCUT2D eigenvalue weighted by atomic mass is 16.5. The second kappa shape index (κ2) is 9.83. The lowest BCUT2D eigenvalue weighted by Crippen LogP contribution is -2.36. The van der Waals surface area contributed by atoms with Gasteiger partial charge in [0.05, 0.1) is 25.9 Å². The summed E-state index contributed by atoms with van der Waals surface area (Å²) in [6.07, 6.45) is 1.34. The smallest absolute Gasteiger partial charge is 0.343 e. The van der Waals surface area contributed by atoms with Gasteiger partial charge in [-0.25, -0.2) is 4.79 Å². The van der Waals surface area contributed by atoms with E-state index in [1.54, 1.807) is 25.9 Å². The second-order valence-electron chi connectivity index (χ2n) is 6.79. The summed E-state index contributed by atoms with van der Waals surface area (Å²) < 4.78 is 6.35. The number of nitrogens with zero attached hydrogens (tertiary/aromatic N) is 3. The monoisotopic (exact) mass is 401 g/mol. The first kappa shape index (κ1) is 22.1. The van der Waals surface area contributed by atoms with Gasteiger partial charge in [0.1, 0.15) is 11.4 Å². The van der Waals surface area contributed by atoms with Crippen LogP contribution in [0.1, 0.15) is 28.4 Å². The maximum Gasteiger partial charge on any atom is 0.343 e. The SMILES string of the molecule is CCOC(=O)c1cnn(C)c1NC(=O)CN(C)CC(=O)Nc1c(C)cccc1C. The van der Waals surface area contributed by atoms with Crippen LogP contribution in [0, 0.1) is 13.8 Å². The molecule has 2 rings (SSSR count). The molecule has 1 aromatic heterocycles. The molecule has 0 aliphatic rings. The Morgan fingerprint density at radius 1 is 1.10 bits per heavy atom. The third-order valence-corrected chi connectivity index (χ3v) is 4.26. The van der Waals surface area contributed by atoms with Crippen LogP contribution in [0.5, 0.6) is 0 Å². The quantitative estimate of drug-likeness (QED) is 0.653. The number of carbonyl (C=O) groups excluding carboxylic acids is 3. The van der Waals surface area contributed by atoms with Crippen LogP contribution in [0.4, 0.5) is 11.5 Å². The zero-order chi connectivity index (χ0) is 21.6. The minimum Gasteiger partial charge on any atom is -0.462 e. The van der Waals surface area contributed by atoms with Crippen LogP contribution < -0.4 is 10.6 Å². The summed E-state index contributed by atoms with van der Waals surface area (Å²) in [5.74, 6) is -0.897. The van der Waals surface area contributed by atoms with Gasteiger partial charge in [0.15, 0.2) is 0 Å². The van der Waals surface area contributed by atoms with Crippen molar-refractivity contribution in [3.05, 3.63) is 41.1 Å². The maximum absolute atomic E-state index is 12.4. The van der Waals surface area contributed by atoms with Crippen molar-refractivity contribution in [1.29, 1.82) is 0 Å². The molecule has 0 saturated carbocycles. The van der Waals surface area contributed by atoms with Gasteiger partial charge in [0.25, 0.3) is 0 Å². The van der Waals surface area contributed by atoms with Crippen LogP contribution >= 0.6 is 0 Å². The number of hydrogen-bond donors (Lipinski definition) is 2. The Kier molecular flexibility index (Phi) is 7.49. The minimum atomic E-state index is -0.558. The first-order chi connectivity index (χ1) is 13.7. The molecule has 0 aliphatic carbocycles. The fraction of sp³-hybridized carbons (Fsp3) is 0.400. The zero-order valence-corrected chi connectivity index (χ0v) is 17.4. The molecule has 1 heterocycles. The lowest BCUT2D eigenvalue weighted by molar-refractivity contribution is -0.119. The number of ether oxygens (including phenoxy) is 1. The molecule has 2 amide bonds. The number of aromatic nitrogens is 2. The van der Waals surface area contributed by atoms with Crippen molar-refractivity contribution in [3.8, 4) is 0 Å². The molecule has 9 heteroatoms. The molecule has 0 unspecified atom stereocenters. The van der Waals surface area contributed by atoms with E-state index >= 15 is 0 Å². The predicted octanol–water partition coefficient (Wildman–Crippen LogP) is 1.72. The molecule has 0 aliphatic heterocycles. The van der Waals surface area contributed by atoms with Crippen LogP contribution in [0.3, 0.4) is 0 Å². The van der Waals surface area contributed by atoms with Gasteiger partial charge in [-0.2, -0.15) is 5.10 Å². The number of rotatable bonds is 8. The summed E-state index contributed by atoms with van der Waals surface area (Å²) in [6.45, 7) is 5.78. The van der Waals surface area contributed by atoms with Gasteiger partial charge in [-0.15, -0.1) is 0 Å². The second-order valence-corrected chi connectivity index (χ2v) is 6.79. The topological polar surface area (TPSA) is 106 Å². The average molecular weight is 401 g/mol. The Hall–Kier alpha value is -3.20. The molecule has 2 aromatic rings. The van der Waals surface area contributed by atoms with E-state index in [4.69, 9.17) is 4.74 Å². The molecule has 0 atom stereocenters. The van der Waals surface area contributed by atoms with Crippen molar-refractivity contribution in [3.63, 3.8) is 0 Å². The molecule has 0 bridgehead atoms. The summed E-state index contributed by atoms with van der Waals surface area (Å²) in [5.41, 5.74) is 2.91. The fourth-order valence-electron chi connectivity index (χ4n) is 2.85. The summed E-state index contributed by atoms with van der Waals surface area (Å²) in [4.78, 5) is 38.3. The highest BCUT2D eigenvalue weighted by Gasteiger charge is 2.20. The number of aryl methyl sites for hydroxylation is 3. The Morgan fingerprint density at radius 3 is 2.28 bits per heavy atom. The van der Waals surface area contributed by atoms with Crippen LogP contribution in [0.15, 0.2) is 24.4 Å². The lowest BCUT2D eigenvalue weighted by atomic mass is 10.1. The summed E-state index contributed by atoms with van der Waals surface area (Å²) in [5, 5.41) is 9.53. The van der Waals surface area contributed by atoms with Crippen molar-refractivity contribution >= 4 is 29.3 Å². The molecule has 156 valence electrons. The normalized spacial score (nSPS) is 10.7. The van der Waals surface area contributed by atoms with Crippen molar-refractivity contribution < 1.29 is 19.1 Å². The molecule has 1 aromatic carbocycles. The van der Waals surface area contributed by atoms with Crippen LogP contribution in [-0.4, -0.2) is 59.2 Å². The van der Waals surface area contributed by atoms with Crippen LogP contribution in [0.2, 0.25) is 0 Å². The number of carbonyl (C=O) groups is 3. The van der Waals surface area contributed by atoms with E-state index in [1.807, 2.05) is 32.0 Å². The summed E-state index contributed by atoms with van der Waals surface area (Å²) >= 11 is 0. The number of anilines is 2. The number of esters is 1. The van der Waals surface area contributed by atoms with E-state index in [0.29, 0.717) is 0 Å². The van der Waals surface area contributed by atoms with Gasteiger partial charge in [0, 0.05) is 12.7 Å². The van der Waals surface area contributed by atoms with Crippen molar-refractivity contribution in [2.45, 2.75) is 20.8 Å². The Labute approximate surface area is 170 Å². The Morgan fingerprint density at radius 2 is 1.69 bits per heavy atom. The standard InChI is InChI=1S/C20H27N5O4/c1-6-29-20(28)15-10-21-25(5)19(15)23-17(27)12-24(4)11-16(26)22-18-13(2)8-7-9-14(18)3/h7-10H,6,11-12H2,1-5H3,(H,22,26)(H,23,27). The zero-order valence-electron chi connectivity index (χ0n) is 17.4. The fourth-order valence-corrected chi connectivity index (χ4v) is 2.85. The molecular weight excluding hydrogens is 374 g/mol. The van der Waals surface area contributed by atoms with Gasteiger partial charge in [-0.05, 0) is 38.9 Å². The summed E-state index contributed by atoms with van der Waals surface area (Å²) in [7, 11) is 3.28. The molecule has 0 saturated heterocycles. The van der Waals surface area contributed by atoms with Crippen molar-refractivity contribution in [2.24, 2.45) is 7.05 Å². The van der Waals surface area contributed by atoms with Gasteiger partial charge in [-0.3, -0.25) is 19.2 Å². The van der Waals surface area contributed by atoms with Crippen LogP contribution in [-0.2, 0) is 21.4 Å². The predicted molar refractivity (Wildman–Crippen MR) is 110 cm³/mol. The van der Waals surface area contributed by atoms with Crippen LogP contribution in [0.25, 0.3) is 0 Å². The largest absolute Gasteiger partial charge is 0.462 e. The third-order valence-electron chi connectivity index (χ3n) is 4.26. The van der Waals surface area contributed by atoms with Crippen molar-refractivity contribution in [2.75, 3.05) is 37.4 Å². The van der Waals surface area contributed by atoms with Gasteiger partial charge >= 0.3 is 5.97 Å². The average Bonchev–Trinajstić information content (AvgIpc) is 2.99. The van der Waals surface area contributed by atoms with Gasteiger partial charge < -0.3 is 15.4 Å². The third kappa shape index (κ3) is 5.89. The van der Waals surface area contributed by atoms with E-state index in [0.717, 1.165) is 16.8 Å². The number of nitrogens with one attached hydrogen (secondary N) is 2. The first-order valence-electron chi connectivity index (χ1n) is 9.26. The number of para-hydroxylation sites is 1. The molecule has 9 nitrogen and oxygen atoms in total. The van der Waals surface area contributed by atoms with Crippen molar-refractivity contribution in [1.82, 2.24) is 14.7 Å². The Bertz CT molecular complexity index is 886. The van der Waals surface area contributed by atoms with E-state index in [1.165, 1.54) is 10.9 Å². The highest BCUT2D eigenvalue weighted by Crippen LogP contribution is 2.19. The van der Waals surface area contributed by atoms with E-state index in [2.05, 4.69) is 15.7 Å². The molecule has 29 heavy (non-hydrogen) atoms. The molecule has 2 N–H and O–H groups in total. The number of benzene rings is 1. The van der Waals surface area contributed by atoms with Gasteiger partial charge in [-0.1, -0.05) is 18.2 Å². The minimum absolute atomic E-state index is 0.0341. The maximum atomic E-state index is 12.4. The molecule has 0 fully saturated rings. The summed E-state index contributed by atoms with van der Waals surface area (Å²) in [6, 6.07) is 5.78. The van der Waals surface area contributed by atoms with Gasteiger partial charge in [0.2, 0.25) is 11.8 Å².